The largest absolute Gasteiger partial charge is 0.469 e. The van der Waals surface area contributed by atoms with Gasteiger partial charge < -0.3 is 29.0 Å². The molecule has 0 spiro atoms. The highest BCUT2D eigenvalue weighted by Gasteiger charge is 2.36. The van der Waals surface area contributed by atoms with Crippen molar-refractivity contribution in [1.29, 1.82) is 0 Å². The van der Waals surface area contributed by atoms with Crippen LogP contribution in [-0.4, -0.2) is 125 Å². The first kappa shape index (κ1) is 51.4. The highest BCUT2D eigenvalue weighted by Crippen LogP contribution is 2.42. The molecule has 2 aromatic carbocycles. The van der Waals surface area contributed by atoms with Crippen molar-refractivity contribution in [2.24, 2.45) is 9.98 Å². The minimum absolute atomic E-state index is 0.0205. The van der Waals surface area contributed by atoms with Gasteiger partial charge in [-0.1, -0.05) is 47.5 Å². The van der Waals surface area contributed by atoms with Crippen molar-refractivity contribution in [3.8, 4) is 10.0 Å². The van der Waals surface area contributed by atoms with Crippen LogP contribution < -0.4 is 5.32 Å². The van der Waals surface area contributed by atoms with Gasteiger partial charge in [-0.05, 0) is 69.5 Å². The lowest BCUT2D eigenvalue weighted by molar-refractivity contribution is -0.142. The van der Waals surface area contributed by atoms with Gasteiger partial charge in [-0.15, -0.1) is 43.1 Å². The number of hydrogen-bond acceptors (Lipinski definition) is 17. The van der Waals surface area contributed by atoms with Crippen molar-refractivity contribution in [3.05, 3.63) is 125 Å². The van der Waals surface area contributed by atoms with Crippen LogP contribution in [0.4, 0.5) is 0 Å². The SMILES string of the molecule is COC(=O)C[C@@H]1N=C(c2ccc(Cl)cc2)c2c(sc(C(=O)CCCOCCOCCOCCNC(=O)c3sc4c(c3C)C(c3ccc(Cl)cc3)=N[C@@H](CC(=O)OC)c3nnc(C)n3-4)c2C)-n2c(C)nnc21. The highest BCUT2D eigenvalue weighted by molar-refractivity contribution is 7.17. The van der Waals surface area contributed by atoms with E-state index in [4.69, 9.17) is 56.9 Å². The number of nitrogens with zero attached hydrogens (tertiary/aromatic N) is 8. The second-order valence-electron chi connectivity index (χ2n) is 16.5. The molecule has 4 aromatic heterocycles. The number of carbonyl (C=O) groups is 4. The van der Waals surface area contributed by atoms with E-state index in [0.29, 0.717) is 94.0 Å². The molecule has 0 bridgehead atoms. The van der Waals surface area contributed by atoms with Crippen LogP contribution in [0.15, 0.2) is 58.5 Å². The lowest BCUT2D eigenvalue weighted by Gasteiger charge is -2.12. The number of aliphatic imine (C=N–C) groups is 2. The Balaban J connectivity index is 0.792. The Kier molecular flexibility index (Phi) is 16.7. The third kappa shape index (κ3) is 11.2. The minimum atomic E-state index is -0.678. The fourth-order valence-electron chi connectivity index (χ4n) is 8.32. The van der Waals surface area contributed by atoms with Crippen molar-refractivity contribution in [3.63, 3.8) is 0 Å². The van der Waals surface area contributed by atoms with Crippen molar-refractivity contribution in [1.82, 2.24) is 34.8 Å². The summed E-state index contributed by atoms with van der Waals surface area (Å²) in [6.45, 7) is 9.67. The summed E-state index contributed by atoms with van der Waals surface area (Å²) in [6, 6.07) is 13.2. The topological polar surface area (TPSA) is 213 Å². The summed E-state index contributed by atoms with van der Waals surface area (Å²) in [4.78, 5) is 63.6. The van der Waals surface area contributed by atoms with E-state index in [9.17, 15) is 19.2 Å². The Bertz CT molecular complexity index is 2810. The molecule has 1 amide bonds. The maximum Gasteiger partial charge on any atom is 0.308 e. The standard InChI is InChI=1S/C49H51Cl2N9O9S2/c1-26-39-41(30-9-13-32(50)14-10-30)53-34(24-37(62)65-5)45-57-55-28(3)59(45)48(39)70-43(26)36(61)8-7-18-67-20-22-69-23-21-68-19-17-52-47(64)44-27(2)40-42(31-11-15-33(51)16-12-31)54-35(25-38(63)66-6)46-58-56-29(4)60(46)49(40)71-44/h9-16,34-35H,7-8,17-25H2,1-6H3,(H,52,64)/t34-,35-/m0/s1. The van der Waals surface area contributed by atoms with Gasteiger partial charge in [-0.25, -0.2) is 0 Å². The first-order valence-corrected chi connectivity index (χ1v) is 25.2. The molecule has 0 unspecified atom stereocenters. The van der Waals surface area contributed by atoms with Crippen LogP contribution in [-0.2, 0) is 33.3 Å². The molecule has 6 heterocycles. The van der Waals surface area contributed by atoms with Gasteiger partial charge in [0.15, 0.2) is 17.4 Å². The van der Waals surface area contributed by atoms with Gasteiger partial charge in [0.1, 0.15) is 33.7 Å². The molecule has 0 radical (unpaired) electrons. The van der Waals surface area contributed by atoms with Crippen LogP contribution in [0.2, 0.25) is 10.0 Å². The Hall–Kier alpha value is -6.00. The van der Waals surface area contributed by atoms with E-state index >= 15 is 0 Å². The highest BCUT2D eigenvalue weighted by atomic mass is 35.5. The quantitative estimate of drug-likeness (QED) is 0.0414. The monoisotopic (exact) mass is 1040 g/mol. The Morgan fingerprint density at radius 3 is 1.52 bits per heavy atom. The van der Waals surface area contributed by atoms with Gasteiger partial charge in [0.25, 0.3) is 5.91 Å². The number of benzene rings is 2. The molecular weight excluding hydrogens is 994 g/mol. The van der Waals surface area contributed by atoms with Gasteiger partial charge >= 0.3 is 11.9 Å². The summed E-state index contributed by atoms with van der Waals surface area (Å²) in [5, 5.41) is 23.0. The summed E-state index contributed by atoms with van der Waals surface area (Å²) in [6.07, 6.45) is 0.704. The van der Waals surface area contributed by atoms with Crippen molar-refractivity contribution in [2.75, 3.05) is 60.4 Å². The molecule has 2 aliphatic heterocycles. The van der Waals surface area contributed by atoms with Crippen LogP contribution in [0, 0.1) is 27.7 Å². The molecule has 6 aromatic rings. The number of ether oxygens (including phenoxy) is 5. The maximum atomic E-state index is 13.8. The van der Waals surface area contributed by atoms with Crippen LogP contribution in [0.3, 0.4) is 0 Å². The van der Waals surface area contributed by atoms with E-state index in [-0.39, 0.29) is 44.1 Å². The number of methoxy groups -OCH3 is 2. The van der Waals surface area contributed by atoms with Crippen LogP contribution >= 0.6 is 45.9 Å². The smallest absolute Gasteiger partial charge is 0.308 e. The average molecular weight is 1050 g/mol. The Labute approximate surface area is 427 Å². The second-order valence-corrected chi connectivity index (χ2v) is 19.4. The zero-order valence-electron chi connectivity index (χ0n) is 39.9. The summed E-state index contributed by atoms with van der Waals surface area (Å²) < 4.78 is 30.9. The fraction of sp³-hybridized carbons (Fsp3) is 0.388. The van der Waals surface area contributed by atoms with Crippen LogP contribution in [0.25, 0.3) is 10.0 Å². The van der Waals surface area contributed by atoms with E-state index in [2.05, 4.69) is 25.7 Å². The average Bonchev–Trinajstić information content (AvgIpc) is 4.08. The normalized spacial score (nSPS) is 14.8. The van der Waals surface area contributed by atoms with Crippen LogP contribution in [0.5, 0.6) is 0 Å². The molecule has 8 rings (SSSR count). The van der Waals surface area contributed by atoms with Gasteiger partial charge in [0.05, 0.1) is 81.3 Å². The molecule has 372 valence electrons. The molecule has 22 heteroatoms. The van der Waals surface area contributed by atoms with E-state index in [1.54, 1.807) is 24.3 Å². The van der Waals surface area contributed by atoms with Crippen molar-refractivity contribution >= 4 is 80.9 Å². The van der Waals surface area contributed by atoms with Gasteiger partial charge in [-0.3, -0.25) is 38.3 Å². The number of Topliss-reactive ketones (excluding diaryl/α,β-unsaturated/α-hetero) is 1. The van der Waals surface area contributed by atoms with Crippen LogP contribution in [0.1, 0.15) is 114 Å². The molecule has 0 saturated heterocycles. The number of nitrogens with one attached hydrogen (secondary N) is 1. The summed E-state index contributed by atoms with van der Waals surface area (Å²) in [5.41, 5.74) is 5.80. The summed E-state index contributed by atoms with van der Waals surface area (Å²) in [7, 11) is 2.67. The van der Waals surface area contributed by atoms with Gasteiger partial charge in [0, 0.05) is 51.9 Å². The first-order valence-electron chi connectivity index (χ1n) is 22.8. The molecule has 71 heavy (non-hydrogen) atoms. The Morgan fingerprint density at radius 2 is 1.04 bits per heavy atom. The van der Waals surface area contributed by atoms with E-state index in [1.807, 2.05) is 61.1 Å². The third-order valence-corrected chi connectivity index (χ3v) is 14.9. The molecule has 1 N–H and O–H groups in total. The number of ketones is 1. The number of aryl methyl sites for hydroxylation is 2. The third-order valence-electron chi connectivity index (χ3n) is 11.8. The van der Waals surface area contributed by atoms with E-state index < -0.39 is 24.0 Å². The van der Waals surface area contributed by atoms with E-state index in [1.165, 1.54) is 36.9 Å². The fourth-order valence-corrected chi connectivity index (χ4v) is 11.2. The number of amides is 1. The zero-order chi connectivity index (χ0) is 50.3. The molecular formula is C49H51Cl2N9O9S2. The van der Waals surface area contributed by atoms with Crippen molar-refractivity contribution < 1.29 is 42.9 Å². The minimum Gasteiger partial charge on any atom is -0.469 e. The zero-order valence-corrected chi connectivity index (χ0v) is 43.0. The first-order chi connectivity index (χ1) is 34.3. The van der Waals surface area contributed by atoms with E-state index in [0.717, 1.165) is 43.4 Å². The number of esters is 2. The summed E-state index contributed by atoms with van der Waals surface area (Å²) >= 11 is 15.1. The number of hydrogen-bond donors (Lipinski definition) is 1. The Morgan fingerprint density at radius 1 is 0.606 bits per heavy atom. The lowest BCUT2D eigenvalue weighted by Crippen LogP contribution is -2.27. The number of aromatic nitrogens is 6. The van der Waals surface area contributed by atoms with Gasteiger partial charge in [0.2, 0.25) is 0 Å². The predicted molar refractivity (Wildman–Crippen MR) is 269 cm³/mol. The molecule has 18 nitrogen and oxygen atoms in total. The number of rotatable bonds is 21. The second kappa shape index (κ2) is 23.0. The predicted octanol–water partition coefficient (Wildman–Crippen LogP) is 7.86. The lowest BCUT2D eigenvalue weighted by atomic mass is 9.98. The van der Waals surface area contributed by atoms with Gasteiger partial charge in [-0.2, -0.15) is 0 Å². The molecule has 0 saturated carbocycles. The summed E-state index contributed by atoms with van der Waals surface area (Å²) in [5.74, 6) is 0.999. The molecule has 0 aliphatic carbocycles. The number of thiophene rings is 2. The molecule has 2 atom stereocenters. The van der Waals surface area contributed by atoms with Crippen molar-refractivity contribution in [2.45, 2.75) is 65.5 Å². The molecule has 0 fully saturated rings. The number of fused-ring (bicyclic) bond motifs is 6. The number of halogens is 2. The number of carbonyl (C=O) groups excluding carboxylic acids is 4. The molecule has 2 aliphatic rings. The maximum absolute atomic E-state index is 13.8.